The molecule has 5 rings (SSSR count). The van der Waals surface area contributed by atoms with E-state index in [0.717, 1.165) is 67.1 Å². The molecule has 0 spiro atoms. The molecule has 0 bridgehead atoms. The van der Waals surface area contributed by atoms with Gasteiger partial charge < -0.3 is 14.3 Å². The second-order valence-electron chi connectivity index (χ2n) is 9.44. The van der Waals surface area contributed by atoms with Crippen molar-refractivity contribution in [1.82, 2.24) is 4.90 Å². The van der Waals surface area contributed by atoms with E-state index in [1.807, 2.05) is 24.3 Å². The Kier molecular flexibility index (Phi) is 6.87. The maximum Gasteiger partial charge on any atom is 0.307 e. The van der Waals surface area contributed by atoms with E-state index in [0.29, 0.717) is 5.92 Å². The quantitative estimate of drug-likeness (QED) is 0.316. The van der Waals surface area contributed by atoms with Crippen LogP contribution in [0.3, 0.4) is 0 Å². The van der Waals surface area contributed by atoms with E-state index in [1.54, 1.807) is 0 Å². The Morgan fingerprint density at radius 1 is 1.06 bits per heavy atom. The van der Waals surface area contributed by atoms with Crippen molar-refractivity contribution in [2.45, 2.75) is 38.6 Å². The van der Waals surface area contributed by atoms with Crippen molar-refractivity contribution >= 4 is 16.9 Å². The van der Waals surface area contributed by atoms with Gasteiger partial charge in [0.15, 0.2) is 0 Å². The van der Waals surface area contributed by atoms with Crippen LogP contribution < -0.4 is 4.74 Å². The van der Waals surface area contributed by atoms with Gasteiger partial charge in [-0.05, 0) is 46.9 Å². The summed E-state index contributed by atoms with van der Waals surface area (Å²) in [5.41, 5.74) is 5.60. The van der Waals surface area contributed by atoms with E-state index in [9.17, 15) is 4.79 Å². The number of hydrogen-bond acceptors (Lipinski definition) is 4. The number of aliphatic carboxylic acids is 1. The lowest BCUT2D eigenvalue weighted by Crippen LogP contribution is -2.30. The average Bonchev–Trinajstić information content (AvgIpc) is 3.49. The monoisotopic (exact) mass is 469 g/mol. The molecular formula is C30H31NO4. The number of benzene rings is 3. The van der Waals surface area contributed by atoms with E-state index >= 15 is 0 Å². The molecule has 0 unspecified atom stereocenters. The molecule has 5 nitrogen and oxygen atoms in total. The Morgan fingerprint density at radius 3 is 2.74 bits per heavy atom. The Hall–Kier alpha value is -3.57. The van der Waals surface area contributed by atoms with Crippen LogP contribution >= 0.6 is 0 Å². The predicted octanol–water partition coefficient (Wildman–Crippen LogP) is 5.84. The largest absolute Gasteiger partial charge is 0.493 e. The van der Waals surface area contributed by atoms with Gasteiger partial charge in [0.2, 0.25) is 0 Å². The highest BCUT2D eigenvalue weighted by Crippen LogP contribution is 2.30. The first-order valence-corrected chi connectivity index (χ1v) is 12.3. The highest BCUT2D eigenvalue weighted by molar-refractivity contribution is 5.80. The van der Waals surface area contributed by atoms with E-state index in [-0.39, 0.29) is 6.42 Å². The smallest absolute Gasteiger partial charge is 0.307 e. The van der Waals surface area contributed by atoms with Gasteiger partial charge in [0.25, 0.3) is 0 Å². The SMILES string of the molecule is C[C@@H](CN(CCc1cc2cc(CC(=O)O)ccc2o1)Cc1cccc2c1CCO2)c1ccccc1. The molecule has 1 aliphatic heterocycles. The van der Waals surface area contributed by atoms with Crippen LogP contribution in [0, 0.1) is 0 Å². The highest BCUT2D eigenvalue weighted by Gasteiger charge is 2.19. The minimum Gasteiger partial charge on any atom is -0.493 e. The molecule has 0 amide bonds. The molecule has 0 fully saturated rings. The summed E-state index contributed by atoms with van der Waals surface area (Å²) < 4.78 is 11.9. The first-order valence-electron chi connectivity index (χ1n) is 12.3. The minimum atomic E-state index is -0.825. The van der Waals surface area contributed by atoms with Crippen molar-refractivity contribution in [3.8, 4) is 5.75 Å². The Bertz CT molecular complexity index is 1310. The number of nitrogens with zero attached hydrogens (tertiary/aromatic N) is 1. The van der Waals surface area contributed by atoms with Gasteiger partial charge in [0.1, 0.15) is 17.1 Å². The zero-order valence-electron chi connectivity index (χ0n) is 20.1. The van der Waals surface area contributed by atoms with Crippen LogP contribution in [-0.2, 0) is 30.6 Å². The Labute approximate surface area is 205 Å². The summed E-state index contributed by atoms with van der Waals surface area (Å²) in [7, 11) is 0. The van der Waals surface area contributed by atoms with Crippen LogP contribution in [-0.4, -0.2) is 35.7 Å². The molecule has 1 N–H and O–H groups in total. The predicted molar refractivity (Wildman–Crippen MR) is 137 cm³/mol. The lowest BCUT2D eigenvalue weighted by Gasteiger charge is -2.26. The van der Waals surface area contributed by atoms with Crippen molar-refractivity contribution in [2.24, 2.45) is 0 Å². The van der Waals surface area contributed by atoms with Crippen LogP contribution in [0.5, 0.6) is 5.75 Å². The van der Waals surface area contributed by atoms with Gasteiger partial charge in [-0.1, -0.05) is 55.5 Å². The molecule has 1 aromatic heterocycles. The fourth-order valence-electron chi connectivity index (χ4n) is 5.02. The minimum absolute atomic E-state index is 0.0206. The molecule has 0 saturated heterocycles. The summed E-state index contributed by atoms with van der Waals surface area (Å²) in [4.78, 5) is 13.6. The molecule has 0 radical (unpaired) electrons. The summed E-state index contributed by atoms with van der Waals surface area (Å²) in [5, 5.41) is 10.0. The number of fused-ring (bicyclic) bond motifs is 2. The molecular weight excluding hydrogens is 438 g/mol. The van der Waals surface area contributed by atoms with Crippen LogP contribution in [0.2, 0.25) is 0 Å². The second kappa shape index (κ2) is 10.4. The van der Waals surface area contributed by atoms with Gasteiger partial charge in [0.05, 0.1) is 13.0 Å². The fraction of sp³-hybridized carbons (Fsp3) is 0.300. The fourth-order valence-corrected chi connectivity index (χ4v) is 5.02. The topological polar surface area (TPSA) is 62.9 Å². The van der Waals surface area contributed by atoms with Gasteiger partial charge in [0, 0.05) is 43.4 Å². The lowest BCUT2D eigenvalue weighted by molar-refractivity contribution is -0.136. The molecule has 35 heavy (non-hydrogen) atoms. The third-order valence-corrected chi connectivity index (χ3v) is 6.80. The van der Waals surface area contributed by atoms with Crippen LogP contribution in [0.15, 0.2) is 77.2 Å². The summed E-state index contributed by atoms with van der Waals surface area (Å²) in [6.07, 6.45) is 1.78. The molecule has 3 aromatic carbocycles. The molecule has 180 valence electrons. The maximum atomic E-state index is 11.1. The Balaban J connectivity index is 1.33. The maximum absolute atomic E-state index is 11.1. The zero-order chi connectivity index (χ0) is 24.2. The van der Waals surface area contributed by atoms with Gasteiger partial charge in [-0.15, -0.1) is 0 Å². The van der Waals surface area contributed by atoms with Crippen molar-refractivity contribution < 1.29 is 19.1 Å². The van der Waals surface area contributed by atoms with E-state index in [1.165, 1.54) is 16.7 Å². The third-order valence-electron chi connectivity index (χ3n) is 6.80. The molecule has 2 heterocycles. The van der Waals surface area contributed by atoms with Gasteiger partial charge in [-0.25, -0.2) is 0 Å². The molecule has 0 aliphatic carbocycles. The average molecular weight is 470 g/mol. The molecule has 0 saturated carbocycles. The van der Waals surface area contributed by atoms with Crippen molar-refractivity contribution in [3.63, 3.8) is 0 Å². The number of rotatable bonds is 10. The van der Waals surface area contributed by atoms with Crippen molar-refractivity contribution in [2.75, 3.05) is 19.7 Å². The van der Waals surface area contributed by atoms with E-state index in [2.05, 4.69) is 60.4 Å². The van der Waals surface area contributed by atoms with E-state index in [4.69, 9.17) is 14.3 Å². The number of furan rings is 1. The number of ether oxygens (including phenoxy) is 1. The number of hydrogen-bond donors (Lipinski definition) is 1. The first kappa shape index (κ1) is 23.2. The molecule has 4 aromatic rings. The second-order valence-corrected chi connectivity index (χ2v) is 9.44. The van der Waals surface area contributed by atoms with Crippen LogP contribution in [0.4, 0.5) is 0 Å². The first-order chi connectivity index (χ1) is 17.0. The standard InChI is InChI=1S/C30H31NO4/c1-21(23-6-3-2-4-7-23)19-31(20-24-8-5-9-29-27(24)13-15-34-29)14-12-26-18-25-16-22(17-30(32)33)10-11-28(25)35-26/h2-11,16,18,21H,12-15,17,19-20H2,1H3,(H,32,33)/t21-/m0/s1. The zero-order valence-corrected chi connectivity index (χ0v) is 20.1. The molecule has 5 heteroatoms. The number of carbonyl (C=O) groups is 1. The summed E-state index contributed by atoms with van der Waals surface area (Å²) in [6.45, 7) is 5.72. The summed E-state index contributed by atoms with van der Waals surface area (Å²) >= 11 is 0. The van der Waals surface area contributed by atoms with Gasteiger partial charge in [-0.2, -0.15) is 0 Å². The lowest BCUT2D eigenvalue weighted by atomic mass is 9.99. The normalized spacial score (nSPS) is 13.7. The van der Waals surface area contributed by atoms with Crippen LogP contribution in [0.1, 0.15) is 40.9 Å². The summed E-state index contributed by atoms with van der Waals surface area (Å²) in [5.74, 6) is 1.52. The van der Waals surface area contributed by atoms with Crippen LogP contribution in [0.25, 0.3) is 11.0 Å². The van der Waals surface area contributed by atoms with Gasteiger partial charge >= 0.3 is 5.97 Å². The molecule has 1 aliphatic rings. The van der Waals surface area contributed by atoms with Crippen molar-refractivity contribution in [1.29, 1.82) is 0 Å². The van der Waals surface area contributed by atoms with Gasteiger partial charge in [-0.3, -0.25) is 9.69 Å². The Morgan fingerprint density at radius 2 is 1.91 bits per heavy atom. The highest BCUT2D eigenvalue weighted by atomic mass is 16.5. The number of carboxylic acid groups (broad SMARTS) is 1. The summed E-state index contributed by atoms with van der Waals surface area (Å²) in [6, 6.07) is 24.7. The third kappa shape index (κ3) is 5.57. The van der Waals surface area contributed by atoms with E-state index < -0.39 is 5.97 Å². The number of carboxylic acids is 1. The molecule has 1 atom stereocenters. The van der Waals surface area contributed by atoms with Crippen molar-refractivity contribution in [3.05, 3.63) is 101 Å².